The van der Waals surface area contributed by atoms with Crippen molar-refractivity contribution >= 4 is 29.2 Å². The zero-order valence-electron chi connectivity index (χ0n) is 15.5. The van der Waals surface area contributed by atoms with Crippen molar-refractivity contribution in [3.05, 3.63) is 71.3 Å². The van der Waals surface area contributed by atoms with E-state index >= 15 is 0 Å². The lowest BCUT2D eigenvalue weighted by molar-refractivity contribution is -0.114. The number of amides is 2. The second kappa shape index (κ2) is 9.33. The highest BCUT2D eigenvalue weighted by Crippen LogP contribution is 2.13. The molecule has 2 aromatic carbocycles. The van der Waals surface area contributed by atoms with E-state index < -0.39 is 11.9 Å². The largest absolute Gasteiger partial charge is 0.465 e. The van der Waals surface area contributed by atoms with E-state index in [1.54, 1.807) is 31.2 Å². The fraction of sp³-hybridized carbons (Fsp3) is 0.190. The average Bonchev–Trinajstić information content (AvgIpc) is 2.68. The number of rotatable bonds is 6. The van der Waals surface area contributed by atoms with Crippen LogP contribution in [0.2, 0.25) is 0 Å². The molecular formula is C21H22N2O4. The quantitative estimate of drug-likeness (QED) is 0.605. The summed E-state index contributed by atoms with van der Waals surface area (Å²) in [6, 6.07) is 13.8. The first-order valence-electron chi connectivity index (χ1n) is 8.51. The van der Waals surface area contributed by atoms with Crippen LogP contribution in [-0.2, 0) is 20.7 Å². The van der Waals surface area contributed by atoms with Crippen LogP contribution in [0.15, 0.2) is 60.2 Å². The first kappa shape index (κ1) is 19.9. The zero-order valence-corrected chi connectivity index (χ0v) is 15.5. The summed E-state index contributed by atoms with van der Waals surface area (Å²) in [5.74, 6) is -1.24. The van der Waals surface area contributed by atoms with E-state index in [-0.39, 0.29) is 11.5 Å². The van der Waals surface area contributed by atoms with E-state index in [1.165, 1.54) is 18.7 Å². The summed E-state index contributed by atoms with van der Waals surface area (Å²) in [6.45, 7) is 3.61. The van der Waals surface area contributed by atoms with Crippen molar-refractivity contribution in [2.75, 3.05) is 17.7 Å². The Kier molecular flexibility index (Phi) is 6.88. The van der Waals surface area contributed by atoms with Crippen molar-refractivity contribution in [2.45, 2.75) is 20.3 Å². The van der Waals surface area contributed by atoms with Crippen LogP contribution in [0.25, 0.3) is 0 Å². The SMILES string of the molecule is CCc1ccc(NC(=O)/C=C(\C)C(=O)Nc2ccc(C(=O)OC)cc2)cc1. The monoisotopic (exact) mass is 366 g/mol. The Morgan fingerprint density at radius 1 is 0.926 bits per heavy atom. The maximum absolute atomic E-state index is 12.2. The fourth-order valence-corrected chi connectivity index (χ4v) is 2.30. The Morgan fingerprint density at radius 2 is 1.48 bits per heavy atom. The molecule has 0 aliphatic rings. The number of anilines is 2. The number of carbonyl (C=O) groups excluding carboxylic acids is 3. The Bertz CT molecular complexity index is 853. The molecule has 0 aliphatic carbocycles. The number of esters is 1. The van der Waals surface area contributed by atoms with Gasteiger partial charge in [0.25, 0.3) is 5.91 Å². The van der Waals surface area contributed by atoms with Crippen molar-refractivity contribution in [2.24, 2.45) is 0 Å². The number of ether oxygens (including phenoxy) is 1. The number of carbonyl (C=O) groups is 3. The summed E-state index contributed by atoms with van der Waals surface area (Å²) < 4.78 is 4.62. The minimum absolute atomic E-state index is 0.259. The number of methoxy groups -OCH3 is 1. The van der Waals surface area contributed by atoms with E-state index in [0.717, 1.165) is 6.42 Å². The third-order valence-electron chi connectivity index (χ3n) is 3.90. The van der Waals surface area contributed by atoms with Crippen LogP contribution in [0.1, 0.15) is 29.8 Å². The molecule has 0 unspecified atom stereocenters. The zero-order chi connectivity index (χ0) is 19.8. The van der Waals surface area contributed by atoms with Crippen molar-refractivity contribution in [3.63, 3.8) is 0 Å². The molecule has 6 heteroatoms. The van der Waals surface area contributed by atoms with E-state index in [4.69, 9.17) is 0 Å². The third-order valence-corrected chi connectivity index (χ3v) is 3.90. The highest BCUT2D eigenvalue weighted by Gasteiger charge is 2.09. The molecule has 6 nitrogen and oxygen atoms in total. The van der Waals surface area contributed by atoms with Gasteiger partial charge in [0.15, 0.2) is 0 Å². The van der Waals surface area contributed by atoms with Gasteiger partial charge in [-0.05, 0) is 55.3 Å². The maximum Gasteiger partial charge on any atom is 0.337 e. The van der Waals surface area contributed by atoms with Gasteiger partial charge >= 0.3 is 5.97 Å². The van der Waals surface area contributed by atoms with Crippen LogP contribution >= 0.6 is 0 Å². The summed E-state index contributed by atoms with van der Waals surface area (Å²) in [5.41, 5.74) is 3.00. The lowest BCUT2D eigenvalue weighted by Crippen LogP contribution is -2.16. The van der Waals surface area contributed by atoms with Crippen molar-refractivity contribution in [3.8, 4) is 0 Å². The summed E-state index contributed by atoms with van der Waals surface area (Å²) in [4.78, 5) is 35.7. The van der Waals surface area contributed by atoms with Crippen LogP contribution in [0.4, 0.5) is 11.4 Å². The topological polar surface area (TPSA) is 84.5 Å². The average molecular weight is 366 g/mol. The molecule has 0 heterocycles. The molecule has 0 aliphatic heterocycles. The predicted molar refractivity (Wildman–Crippen MR) is 105 cm³/mol. The van der Waals surface area contributed by atoms with Crippen LogP contribution in [0.3, 0.4) is 0 Å². The van der Waals surface area contributed by atoms with Gasteiger partial charge in [-0.15, -0.1) is 0 Å². The van der Waals surface area contributed by atoms with Gasteiger partial charge in [0.05, 0.1) is 12.7 Å². The molecule has 0 spiro atoms. The van der Waals surface area contributed by atoms with E-state index in [2.05, 4.69) is 22.3 Å². The van der Waals surface area contributed by atoms with E-state index in [1.807, 2.05) is 24.3 Å². The van der Waals surface area contributed by atoms with Gasteiger partial charge in [0.1, 0.15) is 0 Å². The molecule has 2 N–H and O–H groups in total. The van der Waals surface area contributed by atoms with Crippen LogP contribution < -0.4 is 10.6 Å². The molecular weight excluding hydrogens is 344 g/mol. The van der Waals surface area contributed by atoms with Gasteiger partial charge < -0.3 is 15.4 Å². The van der Waals surface area contributed by atoms with Gasteiger partial charge in [-0.25, -0.2) is 4.79 Å². The van der Waals surface area contributed by atoms with Crippen LogP contribution in [0, 0.1) is 0 Å². The second-order valence-corrected chi connectivity index (χ2v) is 5.89. The Labute approximate surface area is 158 Å². The lowest BCUT2D eigenvalue weighted by Gasteiger charge is -2.07. The predicted octanol–water partition coefficient (Wildman–Crippen LogP) is 3.56. The molecule has 0 aromatic heterocycles. The molecule has 2 aromatic rings. The van der Waals surface area contributed by atoms with Gasteiger partial charge in [0.2, 0.25) is 5.91 Å². The maximum atomic E-state index is 12.2. The minimum atomic E-state index is -0.451. The number of nitrogens with one attached hydrogen (secondary N) is 2. The van der Waals surface area contributed by atoms with Crippen molar-refractivity contribution < 1.29 is 19.1 Å². The van der Waals surface area contributed by atoms with Gasteiger partial charge in [0, 0.05) is 23.0 Å². The number of hydrogen-bond donors (Lipinski definition) is 2. The molecule has 0 saturated carbocycles. The number of aryl methyl sites for hydroxylation is 1. The van der Waals surface area contributed by atoms with Crippen molar-refractivity contribution in [1.82, 2.24) is 0 Å². The van der Waals surface area contributed by atoms with E-state index in [9.17, 15) is 14.4 Å². The van der Waals surface area contributed by atoms with Crippen molar-refractivity contribution in [1.29, 1.82) is 0 Å². The standard InChI is InChI=1S/C21H22N2O4/c1-4-15-5-9-17(10-6-15)22-19(24)13-14(2)20(25)23-18-11-7-16(8-12-18)21(26)27-3/h5-13H,4H2,1-3H3,(H,22,24)(H,23,25)/b14-13+. The van der Waals surface area contributed by atoms with Gasteiger partial charge in [-0.3, -0.25) is 9.59 Å². The third kappa shape index (κ3) is 5.81. The molecule has 0 saturated heterocycles. The van der Waals surface area contributed by atoms with Gasteiger partial charge in [-0.2, -0.15) is 0 Å². The first-order chi connectivity index (χ1) is 12.9. The molecule has 140 valence electrons. The second-order valence-electron chi connectivity index (χ2n) is 5.89. The Hall–Kier alpha value is -3.41. The highest BCUT2D eigenvalue weighted by atomic mass is 16.5. The smallest absolute Gasteiger partial charge is 0.337 e. The molecule has 0 bridgehead atoms. The normalized spacial score (nSPS) is 10.9. The number of hydrogen-bond acceptors (Lipinski definition) is 4. The summed E-state index contributed by atoms with van der Waals surface area (Å²) in [7, 11) is 1.30. The molecule has 0 fully saturated rings. The minimum Gasteiger partial charge on any atom is -0.465 e. The molecule has 0 atom stereocenters. The molecule has 0 radical (unpaired) electrons. The van der Waals surface area contributed by atoms with Gasteiger partial charge in [-0.1, -0.05) is 19.1 Å². The Morgan fingerprint density at radius 3 is 2.04 bits per heavy atom. The summed E-state index contributed by atoms with van der Waals surface area (Å²) >= 11 is 0. The Balaban J connectivity index is 1.96. The van der Waals surface area contributed by atoms with E-state index in [0.29, 0.717) is 16.9 Å². The molecule has 2 amide bonds. The molecule has 2 rings (SSSR count). The lowest BCUT2D eigenvalue weighted by atomic mass is 10.1. The highest BCUT2D eigenvalue weighted by molar-refractivity contribution is 6.10. The molecule has 27 heavy (non-hydrogen) atoms. The number of benzene rings is 2. The summed E-state index contributed by atoms with van der Waals surface area (Å²) in [6.07, 6.45) is 2.17. The summed E-state index contributed by atoms with van der Waals surface area (Å²) in [5, 5.41) is 5.39. The van der Waals surface area contributed by atoms with Crippen LogP contribution in [0.5, 0.6) is 0 Å². The first-order valence-corrected chi connectivity index (χ1v) is 8.51. The van der Waals surface area contributed by atoms with Crippen LogP contribution in [-0.4, -0.2) is 24.9 Å². The fourth-order valence-electron chi connectivity index (χ4n) is 2.30.